The molecule has 13 rings (SSSR count). The molecule has 0 atom stereocenters. The fourth-order valence-corrected chi connectivity index (χ4v) is 10.7. The molecule has 0 fully saturated rings. The first-order valence-corrected chi connectivity index (χ1v) is 24.1. The average molecular weight is 891 g/mol. The summed E-state index contributed by atoms with van der Waals surface area (Å²) in [5.41, 5.74) is 18.4. The fourth-order valence-electron chi connectivity index (χ4n) is 10.7. The molecule has 0 spiro atoms. The molecule has 328 valence electrons. The molecule has 0 saturated heterocycles. The fraction of sp³-hybridized carbons (Fsp3) is 0. The summed E-state index contributed by atoms with van der Waals surface area (Å²) in [5, 5.41) is 7.50. The van der Waals surface area contributed by atoms with Crippen molar-refractivity contribution in [2.45, 2.75) is 0 Å². The van der Waals surface area contributed by atoms with Gasteiger partial charge < -0.3 is 9.47 Å². The molecular weight excluding hydrogens is 845 g/mol. The molecule has 70 heavy (non-hydrogen) atoms. The monoisotopic (exact) mass is 890 g/mol. The number of para-hydroxylation sites is 2. The minimum atomic E-state index is 1.06. The molecule has 0 saturated carbocycles. The first-order valence-electron chi connectivity index (χ1n) is 24.1. The van der Waals surface area contributed by atoms with Crippen LogP contribution in [0.3, 0.4) is 0 Å². The van der Waals surface area contributed by atoms with E-state index in [1.54, 1.807) is 0 Å². The van der Waals surface area contributed by atoms with E-state index in [-0.39, 0.29) is 0 Å². The van der Waals surface area contributed by atoms with E-state index in [0.29, 0.717) is 0 Å². The van der Waals surface area contributed by atoms with Crippen molar-refractivity contribution < 1.29 is 0 Å². The minimum absolute atomic E-state index is 1.06. The molecule has 2 heteroatoms. The van der Waals surface area contributed by atoms with E-state index in [1.165, 1.54) is 76.7 Å². The zero-order valence-electron chi connectivity index (χ0n) is 38.5. The summed E-state index contributed by atoms with van der Waals surface area (Å²) in [6.45, 7) is 0. The van der Waals surface area contributed by atoms with Gasteiger partial charge in [-0.2, -0.15) is 0 Å². The van der Waals surface area contributed by atoms with Crippen LogP contribution in [0.25, 0.3) is 105 Å². The smallest absolute Gasteiger partial charge is 0.0547 e. The summed E-state index contributed by atoms with van der Waals surface area (Å²) >= 11 is 0. The quantitative estimate of drug-likeness (QED) is 0.140. The number of aromatic nitrogens is 1. The number of hydrogen-bond acceptors (Lipinski definition) is 1. The van der Waals surface area contributed by atoms with E-state index >= 15 is 0 Å². The Kier molecular flexibility index (Phi) is 10.2. The second-order valence-corrected chi connectivity index (χ2v) is 18.0. The standard InChI is InChI=1S/C68H46N2/c1-4-19-47(20-5-1)53-38-43-66(62(45-53)50-23-8-3-9-24-50)70(55-41-42-57(48-21-6-2-7-22-48)63(46-55)60-32-18-27-49-25-10-12-28-56(49)60)64-33-16-14-29-58(64)52-35-39-54(40-36-52)69-65-34-17-15-31-61(65)68-59-30-13-11-26-51(59)37-44-67(68)69/h1-46H. The highest BCUT2D eigenvalue weighted by molar-refractivity contribution is 6.21. The van der Waals surface area contributed by atoms with Crippen LogP contribution in [0.2, 0.25) is 0 Å². The molecule has 0 N–H and O–H groups in total. The number of rotatable bonds is 9. The summed E-state index contributed by atoms with van der Waals surface area (Å²) in [5.74, 6) is 0. The SMILES string of the molecule is c1ccc(-c2ccc(N(c3ccc(-c4ccccc4)c(-c4cccc5ccccc45)c3)c3ccccc3-c3ccc(-n4c5ccccc5c5c6ccccc6ccc54)cc3)c(-c3ccccc3)c2)cc1. The Balaban J connectivity index is 1.03. The van der Waals surface area contributed by atoms with Gasteiger partial charge in [0.15, 0.2) is 0 Å². The second kappa shape index (κ2) is 17.4. The highest BCUT2D eigenvalue weighted by Crippen LogP contribution is 2.48. The van der Waals surface area contributed by atoms with Crippen LogP contribution in [0.15, 0.2) is 279 Å². The van der Waals surface area contributed by atoms with Crippen LogP contribution < -0.4 is 4.90 Å². The van der Waals surface area contributed by atoms with Gasteiger partial charge in [-0.05, 0) is 121 Å². The van der Waals surface area contributed by atoms with Gasteiger partial charge in [0.05, 0.1) is 22.4 Å². The number of anilines is 3. The molecule has 13 aromatic rings. The summed E-state index contributed by atoms with van der Waals surface area (Å²) in [4.78, 5) is 2.49. The Morgan fingerprint density at radius 3 is 1.56 bits per heavy atom. The Bertz CT molecular complexity index is 4030. The van der Waals surface area contributed by atoms with Crippen molar-refractivity contribution in [3.8, 4) is 61.3 Å². The maximum Gasteiger partial charge on any atom is 0.0547 e. The molecule has 2 nitrogen and oxygen atoms in total. The number of fused-ring (bicyclic) bond motifs is 6. The Morgan fingerprint density at radius 1 is 0.257 bits per heavy atom. The lowest BCUT2D eigenvalue weighted by molar-refractivity contribution is 1.18. The number of hydrogen-bond donors (Lipinski definition) is 0. The van der Waals surface area contributed by atoms with Crippen molar-refractivity contribution in [3.05, 3.63) is 279 Å². The molecule has 0 aliphatic heterocycles. The first kappa shape index (κ1) is 41.0. The third-order valence-electron chi connectivity index (χ3n) is 14.0. The van der Waals surface area contributed by atoms with E-state index in [1.807, 2.05) is 0 Å². The Labute approximate surface area is 408 Å². The predicted octanol–water partition coefficient (Wildman–Crippen LogP) is 18.9. The third kappa shape index (κ3) is 7.13. The molecule has 1 heterocycles. The average Bonchev–Trinajstić information content (AvgIpc) is 3.79. The van der Waals surface area contributed by atoms with Crippen LogP contribution in [-0.2, 0) is 0 Å². The van der Waals surface area contributed by atoms with Crippen LogP contribution in [0.4, 0.5) is 17.1 Å². The van der Waals surface area contributed by atoms with Crippen LogP contribution in [0.5, 0.6) is 0 Å². The molecule has 0 unspecified atom stereocenters. The van der Waals surface area contributed by atoms with Gasteiger partial charge in [0.25, 0.3) is 0 Å². The minimum Gasteiger partial charge on any atom is -0.309 e. The summed E-state index contributed by atoms with van der Waals surface area (Å²) in [7, 11) is 0. The third-order valence-corrected chi connectivity index (χ3v) is 14.0. The van der Waals surface area contributed by atoms with Gasteiger partial charge in [-0.3, -0.25) is 0 Å². The molecule has 0 aliphatic carbocycles. The van der Waals surface area contributed by atoms with Crippen LogP contribution in [0.1, 0.15) is 0 Å². The highest BCUT2D eigenvalue weighted by Gasteiger charge is 2.24. The maximum absolute atomic E-state index is 2.49. The lowest BCUT2D eigenvalue weighted by Crippen LogP contribution is -2.13. The van der Waals surface area contributed by atoms with Crippen molar-refractivity contribution in [1.82, 2.24) is 4.57 Å². The zero-order valence-corrected chi connectivity index (χ0v) is 38.5. The van der Waals surface area contributed by atoms with Crippen LogP contribution >= 0.6 is 0 Å². The Morgan fingerprint density at radius 2 is 0.800 bits per heavy atom. The van der Waals surface area contributed by atoms with E-state index in [9.17, 15) is 0 Å². The molecule has 0 aliphatic rings. The lowest BCUT2D eigenvalue weighted by atomic mass is 9.90. The zero-order chi connectivity index (χ0) is 46.4. The van der Waals surface area contributed by atoms with E-state index in [0.717, 1.165) is 45.0 Å². The Hall–Kier alpha value is -9.24. The lowest BCUT2D eigenvalue weighted by Gasteiger charge is -2.31. The van der Waals surface area contributed by atoms with Crippen molar-refractivity contribution in [3.63, 3.8) is 0 Å². The normalized spacial score (nSPS) is 11.4. The van der Waals surface area contributed by atoms with E-state index in [4.69, 9.17) is 0 Å². The van der Waals surface area contributed by atoms with Crippen molar-refractivity contribution >= 4 is 60.4 Å². The number of nitrogens with zero attached hydrogens (tertiary/aromatic N) is 2. The molecule has 0 amide bonds. The molecule has 1 aromatic heterocycles. The second-order valence-electron chi connectivity index (χ2n) is 18.0. The van der Waals surface area contributed by atoms with Crippen LogP contribution in [-0.4, -0.2) is 4.57 Å². The van der Waals surface area contributed by atoms with E-state index in [2.05, 4.69) is 289 Å². The topological polar surface area (TPSA) is 8.17 Å². The number of benzene rings is 12. The van der Waals surface area contributed by atoms with Gasteiger partial charge in [-0.1, -0.05) is 224 Å². The first-order chi connectivity index (χ1) is 34.7. The predicted molar refractivity (Wildman–Crippen MR) is 298 cm³/mol. The molecule has 0 bridgehead atoms. The molecule has 0 radical (unpaired) electrons. The maximum atomic E-state index is 2.49. The van der Waals surface area contributed by atoms with Gasteiger partial charge in [0.2, 0.25) is 0 Å². The van der Waals surface area contributed by atoms with Crippen molar-refractivity contribution in [2.75, 3.05) is 4.90 Å². The van der Waals surface area contributed by atoms with Crippen molar-refractivity contribution in [2.24, 2.45) is 0 Å². The van der Waals surface area contributed by atoms with Gasteiger partial charge in [0, 0.05) is 33.3 Å². The molecular formula is C68H46N2. The summed E-state index contributed by atoms with van der Waals surface area (Å²) in [6.07, 6.45) is 0. The van der Waals surface area contributed by atoms with Gasteiger partial charge in [-0.25, -0.2) is 0 Å². The largest absolute Gasteiger partial charge is 0.309 e. The highest BCUT2D eigenvalue weighted by atomic mass is 15.1. The van der Waals surface area contributed by atoms with Gasteiger partial charge in [0.1, 0.15) is 0 Å². The van der Waals surface area contributed by atoms with Gasteiger partial charge in [-0.15, -0.1) is 0 Å². The van der Waals surface area contributed by atoms with Crippen LogP contribution in [0, 0.1) is 0 Å². The summed E-state index contributed by atoms with van der Waals surface area (Å²) in [6, 6.07) is 102. The van der Waals surface area contributed by atoms with Crippen molar-refractivity contribution in [1.29, 1.82) is 0 Å². The van der Waals surface area contributed by atoms with Gasteiger partial charge >= 0.3 is 0 Å². The molecule has 12 aromatic carbocycles. The van der Waals surface area contributed by atoms with E-state index < -0.39 is 0 Å². The summed E-state index contributed by atoms with van der Waals surface area (Å²) < 4.78 is 2.42.